The van der Waals surface area contributed by atoms with Crippen molar-refractivity contribution in [2.45, 2.75) is 39.2 Å². The molecule has 0 spiro atoms. The predicted molar refractivity (Wildman–Crippen MR) is 132 cm³/mol. The average Bonchev–Trinajstić information content (AvgIpc) is 3.39. The number of carbonyl (C=O) groups is 1. The van der Waals surface area contributed by atoms with Crippen LogP contribution in [-0.4, -0.2) is 28.6 Å². The molecule has 0 bridgehead atoms. The zero-order valence-electron chi connectivity index (χ0n) is 19.2. The second-order valence-electron chi connectivity index (χ2n) is 8.82. The van der Waals surface area contributed by atoms with Crippen molar-refractivity contribution in [1.29, 1.82) is 0 Å². The number of benzene rings is 3. The van der Waals surface area contributed by atoms with E-state index in [9.17, 15) is 4.79 Å². The minimum atomic E-state index is 0.0693. The third-order valence-electron chi connectivity index (χ3n) is 6.37. The van der Waals surface area contributed by atoms with Crippen LogP contribution < -0.4 is 9.64 Å². The minimum absolute atomic E-state index is 0.0693. The lowest BCUT2D eigenvalue weighted by Crippen LogP contribution is -2.25. The van der Waals surface area contributed by atoms with Crippen LogP contribution in [0.1, 0.15) is 35.7 Å². The van der Waals surface area contributed by atoms with Crippen LogP contribution in [0.15, 0.2) is 72.8 Å². The highest BCUT2D eigenvalue weighted by Gasteiger charge is 2.35. The van der Waals surface area contributed by atoms with Gasteiger partial charge in [-0.15, -0.1) is 0 Å². The van der Waals surface area contributed by atoms with Gasteiger partial charge in [0.1, 0.15) is 11.6 Å². The molecule has 2 heterocycles. The number of aromatic nitrogens is 2. The van der Waals surface area contributed by atoms with Gasteiger partial charge in [-0.25, -0.2) is 4.98 Å². The van der Waals surface area contributed by atoms with Crippen LogP contribution in [0.4, 0.5) is 5.69 Å². The Bertz CT molecular complexity index is 1280. The number of nitrogens with zero attached hydrogens (tertiary/aromatic N) is 3. The molecule has 0 aliphatic carbocycles. The number of aryl methyl sites for hydroxylation is 3. The first-order valence-corrected chi connectivity index (χ1v) is 11.6. The first-order chi connectivity index (χ1) is 16.1. The topological polar surface area (TPSA) is 47.4 Å². The van der Waals surface area contributed by atoms with E-state index in [-0.39, 0.29) is 11.8 Å². The zero-order valence-corrected chi connectivity index (χ0v) is 19.2. The number of para-hydroxylation sites is 3. The van der Waals surface area contributed by atoms with Gasteiger partial charge in [-0.2, -0.15) is 0 Å². The summed E-state index contributed by atoms with van der Waals surface area (Å²) in [6.07, 6.45) is 1.35. The fourth-order valence-electron chi connectivity index (χ4n) is 4.69. The monoisotopic (exact) mass is 439 g/mol. The molecule has 33 heavy (non-hydrogen) atoms. The van der Waals surface area contributed by atoms with Gasteiger partial charge < -0.3 is 14.2 Å². The maximum absolute atomic E-state index is 13.0. The summed E-state index contributed by atoms with van der Waals surface area (Å²) in [5, 5.41) is 0. The molecule has 168 valence electrons. The summed E-state index contributed by atoms with van der Waals surface area (Å²) in [5.41, 5.74) is 5.40. The van der Waals surface area contributed by atoms with E-state index >= 15 is 0 Å². The average molecular weight is 440 g/mol. The molecule has 0 saturated carbocycles. The molecule has 1 atom stereocenters. The fraction of sp³-hybridized carbons (Fsp3) is 0.286. The van der Waals surface area contributed by atoms with Crippen LogP contribution in [-0.2, 0) is 11.3 Å². The molecule has 0 unspecified atom stereocenters. The number of imidazole rings is 1. The van der Waals surface area contributed by atoms with Crippen LogP contribution in [0.5, 0.6) is 5.75 Å². The molecule has 0 radical (unpaired) electrons. The largest absolute Gasteiger partial charge is 0.494 e. The van der Waals surface area contributed by atoms with Crippen LogP contribution >= 0.6 is 0 Å². The smallest absolute Gasteiger partial charge is 0.227 e. The lowest BCUT2D eigenvalue weighted by Gasteiger charge is -2.20. The molecule has 5 rings (SSSR count). The van der Waals surface area contributed by atoms with E-state index in [1.807, 2.05) is 47.4 Å². The van der Waals surface area contributed by atoms with Crippen LogP contribution in [0, 0.1) is 13.8 Å². The Hall–Kier alpha value is -3.60. The van der Waals surface area contributed by atoms with Gasteiger partial charge in [0, 0.05) is 31.1 Å². The number of rotatable bonds is 7. The Balaban J connectivity index is 1.37. The molecule has 5 nitrogen and oxygen atoms in total. The van der Waals surface area contributed by atoms with Crippen molar-refractivity contribution in [2.24, 2.45) is 0 Å². The van der Waals surface area contributed by atoms with Crippen molar-refractivity contribution < 1.29 is 9.53 Å². The van der Waals surface area contributed by atoms with Gasteiger partial charge in [-0.3, -0.25) is 4.79 Å². The molecule has 1 saturated heterocycles. The van der Waals surface area contributed by atoms with E-state index in [4.69, 9.17) is 9.72 Å². The van der Waals surface area contributed by atoms with Crippen molar-refractivity contribution in [2.75, 3.05) is 18.1 Å². The third-order valence-corrected chi connectivity index (χ3v) is 6.37. The summed E-state index contributed by atoms with van der Waals surface area (Å²) < 4.78 is 8.19. The van der Waals surface area contributed by atoms with Gasteiger partial charge in [0.05, 0.1) is 17.6 Å². The van der Waals surface area contributed by atoms with E-state index in [1.54, 1.807) is 0 Å². The molecule has 1 aromatic heterocycles. The van der Waals surface area contributed by atoms with Crippen LogP contribution in [0.25, 0.3) is 11.0 Å². The lowest BCUT2D eigenvalue weighted by atomic mass is 10.1. The number of anilines is 1. The van der Waals surface area contributed by atoms with Crippen molar-refractivity contribution in [3.8, 4) is 5.75 Å². The number of hydrogen-bond acceptors (Lipinski definition) is 3. The van der Waals surface area contributed by atoms with Gasteiger partial charge in [-0.1, -0.05) is 42.5 Å². The third kappa shape index (κ3) is 4.36. The zero-order chi connectivity index (χ0) is 22.8. The standard InChI is InChI=1S/C28H29N3O2/c1-20-13-14-21(2)26(17-20)31-19-22(18-27(31)32)28-29-24-11-6-7-12-25(24)30(28)15-8-16-33-23-9-4-3-5-10-23/h3-7,9-14,17,22H,8,15-16,18-19H2,1-2H3/t22-/m1/s1. The van der Waals surface area contributed by atoms with E-state index in [1.165, 1.54) is 0 Å². The number of ether oxygens (including phenoxy) is 1. The fourth-order valence-corrected chi connectivity index (χ4v) is 4.69. The van der Waals surface area contributed by atoms with E-state index in [0.29, 0.717) is 19.6 Å². The van der Waals surface area contributed by atoms with Gasteiger partial charge >= 0.3 is 0 Å². The first-order valence-electron chi connectivity index (χ1n) is 11.6. The summed E-state index contributed by atoms with van der Waals surface area (Å²) in [6.45, 7) is 6.23. The molecule has 1 amide bonds. The molecule has 1 aliphatic rings. The number of amides is 1. The van der Waals surface area contributed by atoms with E-state index in [0.717, 1.165) is 52.4 Å². The first kappa shape index (κ1) is 21.3. The molecule has 4 aromatic rings. The van der Waals surface area contributed by atoms with Crippen molar-refractivity contribution in [1.82, 2.24) is 9.55 Å². The van der Waals surface area contributed by atoms with Crippen molar-refractivity contribution in [3.63, 3.8) is 0 Å². The summed E-state index contributed by atoms with van der Waals surface area (Å²) in [5.74, 6) is 2.12. The number of fused-ring (bicyclic) bond motifs is 1. The van der Waals surface area contributed by atoms with Gasteiger partial charge in [0.25, 0.3) is 0 Å². The molecular weight excluding hydrogens is 410 g/mol. The Morgan fingerprint density at radius 3 is 2.64 bits per heavy atom. The van der Waals surface area contributed by atoms with E-state index < -0.39 is 0 Å². The van der Waals surface area contributed by atoms with Crippen LogP contribution in [0.2, 0.25) is 0 Å². The maximum atomic E-state index is 13.0. The van der Waals surface area contributed by atoms with E-state index in [2.05, 4.69) is 48.7 Å². The second-order valence-corrected chi connectivity index (χ2v) is 8.82. The normalized spacial score (nSPS) is 16.0. The SMILES string of the molecule is Cc1ccc(C)c(N2C[C@H](c3nc4ccccc4n3CCCOc3ccccc3)CC2=O)c1. The minimum Gasteiger partial charge on any atom is -0.494 e. The second kappa shape index (κ2) is 9.10. The van der Waals surface area contributed by atoms with Crippen molar-refractivity contribution in [3.05, 3.63) is 89.7 Å². The molecule has 1 aliphatic heterocycles. The summed E-state index contributed by atoms with van der Waals surface area (Å²) in [7, 11) is 0. The molecule has 3 aromatic carbocycles. The Labute approximate surface area is 194 Å². The number of carbonyl (C=O) groups excluding carboxylic acids is 1. The molecule has 0 N–H and O–H groups in total. The van der Waals surface area contributed by atoms with Gasteiger partial charge in [0.2, 0.25) is 5.91 Å². The van der Waals surface area contributed by atoms with Gasteiger partial charge in [-0.05, 0) is 61.7 Å². The lowest BCUT2D eigenvalue weighted by molar-refractivity contribution is -0.117. The van der Waals surface area contributed by atoms with Crippen LogP contribution in [0.3, 0.4) is 0 Å². The highest BCUT2D eigenvalue weighted by Crippen LogP contribution is 2.35. The molecular formula is C28H29N3O2. The Morgan fingerprint density at radius 1 is 1.00 bits per heavy atom. The summed E-state index contributed by atoms with van der Waals surface area (Å²) in [4.78, 5) is 20.0. The molecule has 1 fully saturated rings. The predicted octanol–water partition coefficient (Wildman–Crippen LogP) is 5.64. The van der Waals surface area contributed by atoms with Crippen molar-refractivity contribution >= 4 is 22.6 Å². The molecule has 5 heteroatoms. The van der Waals surface area contributed by atoms with Gasteiger partial charge in [0.15, 0.2) is 0 Å². The Morgan fingerprint density at radius 2 is 1.79 bits per heavy atom. The highest BCUT2D eigenvalue weighted by atomic mass is 16.5. The maximum Gasteiger partial charge on any atom is 0.227 e. The Kier molecular flexibility index (Phi) is 5.86. The highest BCUT2D eigenvalue weighted by molar-refractivity contribution is 5.97. The summed E-state index contributed by atoms with van der Waals surface area (Å²) >= 11 is 0. The number of hydrogen-bond donors (Lipinski definition) is 0. The quantitative estimate of drug-likeness (QED) is 0.350. The summed E-state index contributed by atoms with van der Waals surface area (Å²) in [6, 6.07) is 24.4.